The van der Waals surface area contributed by atoms with Crippen LogP contribution in [0.25, 0.3) is 10.1 Å². The van der Waals surface area contributed by atoms with Crippen molar-refractivity contribution >= 4 is 27.3 Å². The lowest BCUT2D eigenvalue weighted by Gasteiger charge is -2.27. The molecule has 1 N–H and O–H groups in total. The van der Waals surface area contributed by atoms with Gasteiger partial charge in [-0.1, -0.05) is 18.2 Å². The maximum absolute atomic E-state index is 12.7. The number of thiophene rings is 1. The largest absolute Gasteiger partial charge is 0.339 e. The van der Waals surface area contributed by atoms with Crippen LogP contribution in [0.5, 0.6) is 0 Å². The monoisotopic (exact) mass is 288 g/mol. The molecule has 0 bridgehead atoms. The van der Waals surface area contributed by atoms with Gasteiger partial charge in [-0.15, -0.1) is 11.3 Å². The molecule has 0 spiro atoms. The van der Waals surface area contributed by atoms with Crippen molar-refractivity contribution in [3.63, 3.8) is 0 Å². The van der Waals surface area contributed by atoms with E-state index in [1.54, 1.807) is 11.3 Å². The molecule has 0 radical (unpaired) electrons. The minimum Gasteiger partial charge on any atom is -0.339 e. The topological polar surface area (TPSA) is 32.3 Å². The number of nitrogens with zero attached hydrogens (tertiary/aromatic N) is 1. The van der Waals surface area contributed by atoms with E-state index in [0.717, 1.165) is 43.3 Å². The van der Waals surface area contributed by atoms with Gasteiger partial charge in [-0.3, -0.25) is 4.79 Å². The Kier molecular flexibility index (Phi) is 4.03. The summed E-state index contributed by atoms with van der Waals surface area (Å²) in [5, 5.41) is 6.48. The number of amides is 1. The third-order valence-corrected chi connectivity index (χ3v) is 5.09. The van der Waals surface area contributed by atoms with E-state index in [9.17, 15) is 4.79 Å². The highest BCUT2D eigenvalue weighted by Crippen LogP contribution is 2.27. The average molecular weight is 288 g/mol. The number of fused-ring (bicyclic) bond motifs is 1. The smallest absolute Gasteiger partial charge is 0.255 e. The standard InChI is InChI=1S/C16H20N2OS/c1-18(12-5-4-9-17-10-8-12)16(19)14-11-20-15-7-3-2-6-13(14)15/h2-3,6-7,11-12,17H,4-5,8-10H2,1H3. The molecule has 2 heterocycles. The van der Waals surface area contributed by atoms with E-state index < -0.39 is 0 Å². The number of hydrogen-bond acceptors (Lipinski definition) is 3. The van der Waals surface area contributed by atoms with E-state index in [0.29, 0.717) is 6.04 Å². The highest BCUT2D eigenvalue weighted by molar-refractivity contribution is 7.17. The number of carbonyl (C=O) groups excluding carboxylic acids is 1. The van der Waals surface area contributed by atoms with E-state index >= 15 is 0 Å². The number of benzene rings is 1. The predicted octanol–water partition coefficient (Wildman–Crippen LogP) is 3.12. The molecule has 3 rings (SSSR count). The molecule has 1 aromatic carbocycles. The minimum absolute atomic E-state index is 0.161. The maximum Gasteiger partial charge on any atom is 0.255 e. The molecule has 3 nitrogen and oxygen atoms in total. The number of carbonyl (C=O) groups is 1. The van der Waals surface area contributed by atoms with Crippen molar-refractivity contribution in [1.82, 2.24) is 10.2 Å². The van der Waals surface area contributed by atoms with Crippen molar-refractivity contribution < 1.29 is 4.79 Å². The van der Waals surface area contributed by atoms with Gasteiger partial charge < -0.3 is 10.2 Å². The van der Waals surface area contributed by atoms with Crippen LogP contribution in [-0.4, -0.2) is 37.0 Å². The molecule has 2 aromatic rings. The van der Waals surface area contributed by atoms with Crippen molar-refractivity contribution in [2.45, 2.75) is 25.3 Å². The van der Waals surface area contributed by atoms with Crippen molar-refractivity contribution in [2.24, 2.45) is 0 Å². The zero-order valence-electron chi connectivity index (χ0n) is 11.8. The van der Waals surface area contributed by atoms with Crippen LogP contribution < -0.4 is 5.32 Å². The van der Waals surface area contributed by atoms with Gasteiger partial charge in [0, 0.05) is 28.6 Å². The third kappa shape index (κ3) is 2.58. The van der Waals surface area contributed by atoms with Gasteiger partial charge in [-0.05, 0) is 38.4 Å². The molecule has 1 aliphatic heterocycles. The summed E-state index contributed by atoms with van der Waals surface area (Å²) in [5.74, 6) is 0.161. The van der Waals surface area contributed by atoms with Crippen LogP contribution in [0.4, 0.5) is 0 Å². The van der Waals surface area contributed by atoms with Gasteiger partial charge in [0.2, 0.25) is 0 Å². The first-order chi connectivity index (χ1) is 9.77. The Balaban J connectivity index is 1.84. The predicted molar refractivity (Wildman–Crippen MR) is 84.4 cm³/mol. The highest BCUT2D eigenvalue weighted by atomic mass is 32.1. The van der Waals surface area contributed by atoms with E-state index in [1.807, 2.05) is 35.5 Å². The molecule has 1 amide bonds. The zero-order chi connectivity index (χ0) is 13.9. The second-order valence-corrected chi connectivity index (χ2v) is 6.31. The molecule has 0 saturated carbocycles. The Morgan fingerprint density at radius 2 is 2.15 bits per heavy atom. The van der Waals surface area contributed by atoms with Crippen LogP contribution in [0.1, 0.15) is 29.6 Å². The molecular weight excluding hydrogens is 268 g/mol. The Labute approximate surface area is 123 Å². The van der Waals surface area contributed by atoms with Crippen molar-refractivity contribution in [3.8, 4) is 0 Å². The summed E-state index contributed by atoms with van der Waals surface area (Å²) in [5.41, 5.74) is 0.852. The Morgan fingerprint density at radius 3 is 3.05 bits per heavy atom. The average Bonchev–Trinajstić information content (AvgIpc) is 2.72. The number of rotatable bonds is 2. The van der Waals surface area contributed by atoms with Gasteiger partial charge in [-0.2, -0.15) is 0 Å². The van der Waals surface area contributed by atoms with Gasteiger partial charge in [0.15, 0.2) is 0 Å². The molecule has 0 aliphatic carbocycles. The molecule has 1 aliphatic rings. The van der Waals surface area contributed by atoms with Crippen LogP contribution in [0.3, 0.4) is 0 Å². The van der Waals surface area contributed by atoms with E-state index in [-0.39, 0.29) is 5.91 Å². The minimum atomic E-state index is 0.161. The van der Waals surface area contributed by atoms with Crippen LogP contribution in [0.2, 0.25) is 0 Å². The fraction of sp³-hybridized carbons (Fsp3) is 0.438. The normalized spacial score (nSPS) is 19.8. The van der Waals surface area contributed by atoms with Crippen LogP contribution in [-0.2, 0) is 0 Å². The van der Waals surface area contributed by atoms with Gasteiger partial charge in [0.1, 0.15) is 0 Å². The highest BCUT2D eigenvalue weighted by Gasteiger charge is 2.23. The molecule has 1 atom stereocenters. The summed E-state index contributed by atoms with van der Waals surface area (Å²) in [6.07, 6.45) is 3.29. The fourth-order valence-corrected chi connectivity index (χ4v) is 3.82. The van der Waals surface area contributed by atoms with Gasteiger partial charge in [0.25, 0.3) is 5.91 Å². The summed E-state index contributed by atoms with van der Waals surface area (Å²) in [4.78, 5) is 14.7. The van der Waals surface area contributed by atoms with Crippen molar-refractivity contribution in [3.05, 3.63) is 35.2 Å². The molecule has 20 heavy (non-hydrogen) atoms. The van der Waals surface area contributed by atoms with Crippen LogP contribution in [0, 0.1) is 0 Å². The molecule has 1 unspecified atom stereocenters. The summed E-state index contributed by atoms with van der Waals surface area (Å²) in [7, 11) is 1.95. The maximum atomic E-state index is 12.7. The lowest BCUT2D eigenvalue weighted by molar-refractivity contribution is 0.0723. The lowest BCUT2D eigenvalue weighted by Crippen LogP contribution is -2.37. The Bertz CT molecular complexity index is 599. The Morgan fingerprint density at radius 1 is 1.30 bits per heavy atom. The van der Waals surface area contributed by atoms with Gasteiger partial charge >= 0.3 is 0 Å². The van der Waals surface area contributed by atoms with Gasteiger partial charge in [-0.25, -0.2) is 0 Å². The summed E-state index contributed by atoms with van der Waals surface area (Å²) >= 11 is 1.65. The summed E-state index contributed by atoms with van der Waals surface area (Å²) < 4.78 is 1.19. The first-order valence-corrected chi connectivity index (χ1v) is 8.09. The Hall–Kier alpha value is -1.39. The quantitative estimate of drug-likeness (QED) is 0.921. The second-order valence-electron chi connectivity index (χ2n) is 5.40. The van der Waals surface area contributed by atoms with Gasteiger partial charge in [0.05, 0.1) is 5.56 Å². The van der Waals surface area contributed by atoms with E-state index in [4.69, 9.17) is 0 Å². The lowest BCUT2D eigenvalue weighted by atomic mass is 10.1. The molecular formula is C16H20N2OS. The SMILES string of the molecule is CN(C(=O)c1csc2ccccc12)C1CCCNCC1. The molecule has 106 valence electrons. The molecule has 1 saturated heterocycles. The van der Waals surface area contributed by atoms with E-state index in [2.05, 4.69) is 11.4 Å². The summed E-state index contributed by atoms with van der Waals surface area (Å²) in [6.45, 7) is 2.08. The first kappa shape index (κ1) is 13.6. The third-order valence-electron chi connectivity index (χ3n) is 4.12. The molecule has 1 aromatic heterocycles. The van der Waals surface area contributed by atoms with E-state index in [1.165, 1.54) is 4.70 Å². The number of nitrogens with one attached hydrogen (secondary N) is 1. The van der Waals surface area contributed by atoms with Crippen molar-refractivity contribution in [2.75, 3.05) is 20.1 Å². The summed E-state index contributed by atoms with van der Waals surface area (Å²) in [6, 6.07) is 8.50. The fourth-order valence-electron chi connectivity index (χ4n) is 2.89. The zero-order valence-corrected chi connectivity index (χ0v) is 12.6. The van der Waals surface area contributed by atoms with Crippen LogP contribution >= 0.6 is 11.3 Å². The first-order valence-electron chi connectivity index (χ1n) is 7.21. The molecule has 4 heteroatoms. The van der Waals surface area contributed by atoms with Crippen molar-refractivity contribution in [1.29, 1.82) is 0 Å². The van der Waals surface area contributed by atoms with Crippen LogP contribution in [0.15, 0.2) is 29.6 Å². The number of hydrogen-bond donors (Lipinski definition) is 1. The molecule has 1 fully saturated rings. The second kappa shape index (κ2) is 5.94.